The van der Waals surface area contributed by atoms with Crippen molar-refractivity contribution in [2.75, 3.05) is 5.73 Å². The van der Waals surface area contributed by atoms with E-state index in [0.29, 0.717) is 11.5 Å². The molecule has 0 aliphatic carbocycles. The van der Waals surface area contributed by atoms with E-state index in [1.807, 2.05) is 6.92 Å². The lowest BCUT2D eigenvalue weighted by molar-refractivity contribution is 1.12. The van der Waals surface area contributed by atoms with Gasteiger partial charge in [-0.3, -0.25) is 0 Å². The first-order chi connectivity index (χ1) is 4.70. The van der Waals surface area contributed by atoms with E-state index >= 15 is 0 Å². The molecule has 0 amide bonds. The first kappa shape index (κ1) is 6.74. The van der Waals surface area contributed by atoms with Gasteiger partial charge in [0, 0.05) is 0 Å². The van der Waals surface area contributed by atoms with Crippen LogP contribution in [-0.4, -0.2) is 9.97 Å². The second kappa shape index (κ2) is 2.47. The van der Waals surface area contributed by atoms with E-state index < -0.39 is 0 Å². The Labute approximate surface area is 59.6 Å². The van der Waals surface area contributed by atoms with Gasteiger partial charge in [-0.15, -0.1) is 0 Å². The molecule has 0 atom stereocenters. The average molecular weight is 135 g/mol. The molecule has 0 saturated heterocycles. The SMILES string of the molecule is C=C(C)c1ncc(N)cn1. The standard InChI is InChI=1S/C7H9N3/c1-5(2)7-9-3-6(8)4-10-7/h3-4H,1,8H2,2H3. The molecule has 0 aliphatic rings. The molecule has 10 heavy (non-hydrogen) atoms. The summed E-state index contributed by atoms with van der Waals surface area (Å²) in [5, 5.41) is 0. The largest absolute Gasteiger partial charge is 0.396 e. The zero-order valence-electron chi connectivity index (χ0n) is 5.83. The zero-order chi connectivity index (χ0) is 7.56. The molecule has 0 unspecified atom stereocenters. The van der Waals surface area contributed by atoms with Crippen LogP contribution in [0.25, 0.3) is 5.57 Å². The fraction of sp³-hybridized carbons (Fsp3) is 0.143. The normalized spacial score (nSPS) is 9.30. The quantitative estimate of drug-likeness (QED) is 0.627. The van der Waals surface area contributed by atoms with Crippen LogP contribution in [0.15, 0.2) is 19.0 Å². The van der Waals surface area contributed by atoms with E-state index in [1.165, 1.54) is 0 Å². The van der Waals surface area contributed by atoms with Gasteiger partial charge in [-0.05, 0) is 12.5 Å². The van der Waals surface area contributed by atoms with Crippen molar-refractivity contribution in [2.45, 2.75) is 6.92 Å². The summed E-state index contributed by atoms with van der Waals surface area (Å²) in [4.78, 5) is 7.88. The van der Waals surface area contributed by atoms with Gasteiger partial charge in [0.2, 0.25) is 0 Å². The first-order valence-electron chi connectivity index (χ1n) is 2.93. The minimum Gasteiger partial charge on any atom is -0.396 e. The second-order valence-electron chi connectivity index (χ2n) is 2.12. The summed E-state index contributed by atoms with van der Waals surface area (Å²) in [6, 6.07) is 0. The highest BCUT2D eigenvalue weighted by Crippen LogP contribution is 2.04. The Morgan fingerprint density at radius 2 is 2.00 bits per heavy atom. The molecule has 1 aromatic rings. The molecule has 0 aliphatic heterocycles. The van der Waals surface area contributed by atoms with Crippen molar-refractivity contribution < 1.29 is 0 Å². The Kier molecular flexibility index (Phi) is 1.67. The maximum absolute atomic E-state index is 5.37. The average Bonchev–Trinajstić information content (AvgIpc) is 1.88. The van der Waals surface area contributed by atoms with Crippen molar-refractivity contribution in [3.8, 4) is 0 Å². The highest BCUT2D eigenvalue weighted by Gasteiger charge is 1.93. The third-order valence-corrected chi connectivity index (χ3v) is 1.05. The minimum atomic E-state index is 0.574. The number of anilines is 1. The molecule has 1 heterocycles. The lowest BCUT2D eigenvalue weighted by Gasteiger charge is -1.95. The van der Waals surface area contributed by atoms with E-state index in [4.69, 9.17) is 5.73 Å². The lowest BCUT2D eigenvalue weighted by atomic mass is 10.3. The van der Waals surface area contributed by atoms with Gasteiger partial charge in [0.25, 0.3) is 0 Å². The van der Waals surface area contributed by atoms with Crippen molar-refractivity contribution >= 4 is 11.3 Å². The van der Waals surface area contributed by atoms with Crippen LogP contribution in [0, 0.1) is 0 Å². The summed E-state index contributed by atoms with van der Waals surface area (Å²) >= 11 is 0. The summed E-state index contributed by atoms with van der Waals surface area (Å²) in [5.41, 5.74) is 6.79. The number of aromatic nitrogens is 2. The Hall–Kier alpha value is -1.38. The Morgan fingerprint density at radius 1 is 1.50 bits per heavy atom. The van der Waals surface area contributed by atoms with Gasteiger partial charge in [-0.2, -0.15) is 0 Å². The molecular formula is C7H9N3. The van der Waals surface area contributed by atoms with Gasteiger partial charge in [0.1, 0.15) is 0 Å². The number of nitrogen functional groups attached to an aromatic ring is 1. The lowest BCUT2D eigenvalue weighted by Crippen LogP contribution is -1.93. The fourth-order valence-electron chi connectivity index (χ4n) is 0.558. The summed E-state index contributed by atoms with van der Waals surface area (Å²) in [7, 11) is 0. The Morgan fingerprint density at radius 3 is 2.40 bits per heavy atom. The molecule has 0 spiro atoms. The zero-order valence-corrected chi connectivity index (χ0v) is 5.83. The highest BCUT2D eigenvalue weighted by atomic mass is 14.9. The second-order valence-corrected chi connectivity index (χ2v) is 2.12. The number of rotatable bonds is 1. The highest BCUT2D eigenvalue weighted by molar-refractivity contribution is 5.54. The van der Waals surface area contributed by atoms with Crippen LogP contribution in [-0.2, 0) is 0 Å². The number of allylic oxidation sites excluding steroid dienone is 1. The van der Waals surface area contributed by atoms with Crippen molar-refractivity contribution in [3.05, 3.63) is 24.8 Å². The van der Waals surface area contributed by atoms with Crippen LogP contribution in [0.5, 0.6) is 0 Å². The molecule has 2 N–H and O–H groups in total. The van der Waals surface area contributed by atoms with Gasteiger partial charge >= 0.3 is 0 Å². The molecule has 0 bridgehead atoms. The number of hydrogen-bond acceptors (Lipinski definition) is 3. The van der Waals surface area contributed by atoms with Gasteiger partial charge in [-0.1, -0.05) is 6.58 Å². The molecule has 0 saturated carbocycles. The molecular weight excluding hydrogens is 126 g/mol. The fourth-order valence-corrected chi connectivity index (χ4v) is 0.558. The van der Waals surface area contributed by atoms with Crippen LogP contribution < -0.4 is 5.73 Å². The van der Waals surface area contributed by atoms with Gasteiger partial charge < -0.3 is 5.73 Å². The van der Waals surface area contributed by atoms with Gasteiger partial charge in [0.05, 0.1) is 18.1 Å². The number of nitrogens with two attached hydrogens (primary N) is 1. The van der Waals surface area contributed by atoms with Crippen LogP contribution in [0.3, 0.4) is 0 Å². The minimum absolute atomic E-state index is 0.574. The summed E-state index contributed by atoms with van der Waals surface area (Å²) in [6.45, 7) is 5.54. The van der Waals surface area contributed by atoms with Gasteiger partial charge in [-0.25, -0.2) is 9.97 Å². The van der Waals surface area contributed by atoms with Gasteiger partial charge in [0.15, 0.2) is 5.82 Å². The van der Waals surface area contributed by atoms with Crippen molar-refractivity contribution in [2.24, 2.45) is 0 Å². The Bertz CT molecular complexity index is 238. The summed E-state index contributed by atoms with van der Waals surface area (Å²) in [6.07, 6.45) is 3.13. The van der Waals surface area contributed by atoms with E-state index in [2.05, 4.69) is 16.5 Å². The first-order valence-corrected chi connectivity index (χ1v) is 2.93. The molecule has 3 nitrogen and oxygen atoms in total. The smallest absolute Gasteiger partial charge is 0.154 e. The molecule has 0 aromatic carbocycles. The maximum Gasteiger partial charge on any atom is 0.154 e. The molecule has 52 valence electrons. The third-order valence-electron chi connectivity index (χ3n) is 1.05. The molecule has 1 rings (SSSR count). The van der Waals surface area contributed by atoms with E-state index in [0.717, 1.165) is 5.57 Å². The van der Waals surface area contributed by atoms with Crippen LogP contribution >= 0.6 is 0 Å². The topological polar surface area (TPSA) is 51.8 Å². The molecule has 3 heteroatoms. The monoisotopic (exact) mass is 135 g/mol. The number of hydrogen-bond donors (Lipinski definition) is 1. The van der Waals surface area contributed by atoms with E-state index in [9.17, 15) is 0 Å². The summed E-state index contributed by atoms with van der Waals surface area (Å²) < 4.78 is 0. The van der Waals surface area contributed by atoms with E-state index in [1.54, 1.807) is 12.4 Å². The van der Waals surface area contributed by atoms with Crippen LogP contribution in [0.4, 0.5) is 5.69 Å². The molecule has 1 aromatic heterocycles. The van der Waals surface area contributed by atoms with Crippen LogP contribution in [0.2, 0.25) is 0 Å². The van der Waals surface area contributed by atoms with Crippen LogP contribution in [0.1, 0.15) is 12.7 Å². The van der Waals surface area contributed by atoms with Crippen molar-refractivity contribution in [3.63, 3.8) is 0 Å². The van der Waals surface area contributed by atoms with Crippen molar-refractivity contribution in [1.29, 1.82) is 0 Å². The summed E-state index contributed by atoms with van der Waals surface area (Å²) in [5.74, 6) is 0.647. The maximum atomic E-state index is 5.37. The predicted octanol–water partition coefficient (Wildman–Crippen LogP) is 1.09. The van der Waals surface area contributed by atoms with E-state index in [-0.39, 0.29) is 0 Å². The third kappa shape index (κ3) is 1.31. The molecule has 0 radical (unpaired) electrons. The Balaban J connectivity index is 3.00. The van der Waals surface area contributed by atoms with Crippen molar-refractivity contribution in [1.82, 2.24) is 9.97 Å². The molecule has 0 fully saturated rings. The predicted molar refractivity (Wildman–Crippen MR) is 41.2 cm³/mol. The number of nitrogens with zero attached hydrogens (tertiary/aromatic N) is 2.